The minimum atomic E-state index is 1.31. The third kappa shape index (κ3) is 2.62. The molecule has 6 aromatic carbocycles. The van der Waals surface area contributed by atoms with Crippen LogP contribution >= 0.6 is 0 Å². The summed E-state index contributed by atoms with van der Waals surface area (Å²) < 4.78 is 0. The van der Waals surface area contributed by atoms with E-state index in [1.54, 1.807) is 0 Å². The quantitative estimate of drug-likeness (QED) is 0.231. The predicted octanol–water partition coefficient (Wildman–Crippen LogP) is 8.48. The third-order valence-corrected chi connectivity index (χ3v) is 6.07. The molecule has 0 saturated heterocycles. The second-order valence-electron chi connectivity index (χ2n) is 7.76. The van der Waals surface area contributed by atoms with Crippen LogP contribution in [0.3, 0.4) is 0 Å². The number of hydrogen-bond donors (Lipinski definition) is 0. The molecule has 0 aromatic heterocycles. The maximum Gasteiger partial charge on any atom is -0.00264 e. The summed E-state index contributed by atoms with van der Waals surface area (Å²) in [5.74, 6) is 0. The highest BCUT2D eigenvalue weighted by Gasteiger charge is 2.19. The first kappa shape index (κ1) is 17.0. The molecule has 1 aliphatic rings. The highest BCUT2D eigenvalue weighted by Crippen LogP contribution is 2.46. The van der Waals surface area contributed by atoms with E-state index in [2.05, 4.69) is 121 Å². The molecule has 0 atom stereocenters. The zero-order valence-corrected chi connectivity index (χ0v) is 16.5. The summed E-state index contributed by atoms with van der Waals surface area (Å²) in [6, 6.07) is 43.1. The van der Waals surface area contributed by atoms with Crippen LogP contribution in [-0.4, -0.2) is 0 Å². The molecule has 30 heavy (non-hydrogen) atoms. The molecule has 0 bridgehead atoms. The van der Waals surface area contributed by atoms with E-state index < -0.39 is 0 Å². The van der Waals surface area contributed by atoms with Crippen molar-refractivity contribution in [2.24, 2.45) is 0 Å². The summed E-state index contributed by atoms with van der Waals surface area (Å²) in [6.45, 7) is 0. The van der Waals surface area contributed by atoms with Gasteiger partial charge in [0.15, 0.2) is 0 Å². The van der Waals surface area contributed by atoms with Crippen LogP contribution in [0.2, 0.25) is 0 Å². The van der Waals surface area contributed by atoms with Crippen molar-refractivity contribution in [1.29, 1.82) is 0 Å². The van der Waals surface area contributed by atoms with Crippen LogP contribution in [0.25, 0.3) is 54.6 Å². The van der Waals surface area contributed by atoms with Crippen molar-refractivity contribution < 1.29 is 0 Å². The van der Waals surface area contributed by atoms with Crippen LogP contribution in [-0.2, 0) is 0 Å². The Labute approximate surface area is 176 Å². The fourth-order valence-electron chi connectivity index (χ4n) is 4.70. The number of benzene rings is 6. The van der Waals surface area contributed by atoms with E-state index in [4.69, 9.17) is 0 Å². The van der Waals surface area contributed by atoms with Gasteiger partial charge in [0.25, 0.3) is 0 Å². The van der Waals surface area contributed by atoms with Crippen LogP contribution in [0.5, 0.6) is 0 Å². The van der Waals surface area contributed by atoms with Gasteiger partial charge in [0.05, 0.1) is 0 Å². The molecule has 0 fully saturated rings. The highest BCUT2D eigenvalue weighted by atomic mass is 14.2. The fourth-order valence-corrected chi connectivity index (χ4v) is 4.70. The number of rotatable bonds is 0. The molecule has 0 aliphatic heterocycles. The largest absolute Gasteiger partial charge is 0.0616 e. The normalized spacial score (nSPS) is 11.3. The van der Waals surface area contributed by atoms with Crippen LogP contribution in [0.1, 0.15) is 0 Å². The van der Waals surface area contributed by atoms with E-state index >= 15 is 0 Å². The Balaban J connectivity index is 0.000000118. The number of hydrogen-bond acceptors (Lipinski definition) is 0. The minimum absolute atomic E-state index is 1.31. The molecule has 6 aromatic rings. The Hall–Kier alpha value is -3.90. The summed E-state index contributed by atoms with van der Waals surface area (Å²) >= 11 is 0. The Kier molecular flexibility index (Phi) is 3.89. The molecule has 0 saturated carbocycles. The van der Waals surface area contributed by atoms with Gasteiger partial charge in [-0.15, -0.1) is 0 Å². The molecule has 1 aliphatic carbocycles. The van der Waals surface area contributed by atoms with Gasteiger partial charge in [-0.3, -0.25) is 0 Å². The van der Waals surface area contributed by atoms with Gasteiger partial charge in [-0.1, -0.05) is 121 Å². The van der Waals surface area contributed by atoms with E-state index in [1.807, 2.05) is 0 Å². The second-order valence-corrected chi connectivity index (χ2v) is 7.76. The zero-order valence-electron chi connectivity index (χ0n) is 16.5. The molecule has 0 amide bonds. The lowest BCUT2D eigenvalue weighted by Gasteiger charge is -2.02. The molecular weight excluding hydrogens is 360 g/mol. The minimum Gasteiger partial charge on any atom is -0.0616 e. The van der Waals surface area contributed by atoms with Gasteiger partial charge < -0.3 is 0 Å². The number of fused-ring (bicyclic) bond motifs is 6. The lowest BCUT2D eigenvalue weighted by molar-refractivity contribution is 1.70. The van der Waals surface area contributed by atoms with Crippen LogP contribution in [0, 0.1) is 0 Å². The maximum atomic E-state index is 2.22. The standard InChI is InChI=1S/C16H10.C14H10/c1-2-8-13-12(7-1)14-9-3-5-11-6-4-10-15(13)16(11)14;1-3-7-13-11(5-1)9-10-12-6-2-4-8-14(12)13/h1-10H;1-10H. The molecule has 140 valence electrons. The molecular formula is C30H20. The van der Waals surface area contributed by atoms with E-state index in [-0.39, 0.29) is 0 Å². The van der Waals surface area contributed by atoms with Crippen molar-refractivity contribution in [2.45, 2.75) is 0 Å². The molecule has 0 N–H and O–H groups in total. The van der Waals surface area contributed by atoms with Gasteiger partial charge in [0.1, 0.15) is 0 Å². The Bertz CT molecular complexity index is 1430. The molecule has 0 nitrogen and oxygen atoms in total. The summed E-state index contributed by atoms with van der Waals surface area (Å²) in [6.07, 6.45) is 0. The topological polar surface area (TPSA) is 0 Å². The first-order valence-corrected chi connectivity index (χ1v) is 10.4. The Morgan fingerprint density at radius 1 is 0.267 bits per heavy atom. The summed E-state index contributed by atoms with van der Waals surface area (Å²) in [4.78, 5) is 0. The van der Waals surface area contributed by atoms with Crippen LogP contribution < -0.4 is 0 Å². The summed E-state index contributed by atoms with van der Waals surface area (Å²) in [7, 11) is 0. The molecule has 0 heterocycles. The molecule has 0 radical (unpaired) electrons. The first-order chi connectivity index (χ1) is 14.9. The molecule has 7 rings (SSSR count). The SMILES string of the molecule is c1ccc2c(c1)-c1cccc3cccc-2c13.c1ccc2c(c1)ccc1ccccc12. The van der Waals surface area contributed by atoms with E-state index in [0.29, 0.717) is 0 Å². The molecule has 0 heteroatoms. The van der Waals surface area contributed by atoms with Crippen molar-refractivity contribution in [3.05, 3.63) is 121 Å². The summed E-state index contributed by atoms with van der Waals surface area (Å²) in [5.41, 5.74) is 5.50. The predicted molar refractivity (Wildman–Crippen MR) is 130 cm³/mol. The van der Waals surface area contributed by atoms with Crippen LogP contribution in [0.4, 0.5) is 0 Å². The maximum absolute atomic E-state index is 2.22. The molecule has 0 unspecified atom stereocenters. The lowest BCUT2D eigenvalue weighted by Crippen LogP contribution is -1.75. The van der Waals surface area contributed by atoms with Gasteiger partial charge >= 0.3 is 0 Å². The van der Waals surface area contributed by atoms with Crippen LogP contribution in [0.15, 0.2) is 121 Å². The van der Waals surface area contributed by atoms with E-state index in [9.17, 15) is 0 Å². The van der Waals surface area contributed by atoms with E-state index in [0.717, 1.165) is 0 Å². The molecule has 0 spiro atoms. The van der Waals surface area contributed by atoms with Crippen molar-refractivity contribution in [3.63, 3.8) is 0 Å². The first-order valence-electron chi connectivity index (χ1n) is 10.4. The average molecular weight is 380 g/mol. The third-order valence-electron chi connectivity index (χ3n) is 6.07. The Morgan fingerprint density at radius 2 is 0.667 bits per heavy atom. The summed E-state index contributed by atoms with van der Waals surface area (Å²) in [5, 5.41) is 8.05. The average Bonchev–Trinajstić information content (AvgIpc) is 3.16. The zero-order chi connectivity index (χ0) is 19.9. The lowest BCUT2D eigenvalue weighted by atomic mass is 10.0. The van der Waals surface area contributed by atoms with Gasteiger partial charge in [-0.2, -0.15) is 0 Å². The van der Waals surface area contributed by atoms with Gasteiger partial charge in [0, 0.05) is 0 Å². The van der Waals surface area contributed by atoms with Crippen molar-refractivity contribution >= 4 is 32.3 Å². The van der Waals surface area contributed by atoms with E-state index in [1.165, 1.54) is 54.6 Å². The smallest absolute Gasteiger partial charge is 0.00264 e. The van der Waals surface area contributed by atoms with Gasteiger partial charge in [-0.25, -0.2) is 0 Å². The van der Waals surface area contributed by atoms with Crippen molar-refractivity contribution in [2.75, 3.05) is 0 Å². The fraction of sp³-hybridized carbons (Fsp3) is 0. The van der Waals surface area contributed by atoms with Gasteiger partial charge in [-0.05, 0) is 54.6 Å². The Morgan fingerprint density at radius 3 is 1.20 bits per heavy atom. The van der Waals surface area contributed by atoms with Crippen molar-refractivity contribution in [1.82, 2.24) is 0 Å². The van der Waals surface area contributed by atoms with Crippen molar-refractivity contribution in [3.8, 4) is 22.3 Å². The van der Waals surface area contributed by atoms with Gasteiger partial charge in [0.2, 0.25) is 0 Å². The second kappa shape index (κ2) is 6.86. The monoisotopic (exact) mass is 380 g/mol. The highest BCUT2D eigenvalue weighted by molar-refractivity contribution is 6.15.